The summed E-state index contributed by atoms with van der Waals surface area (Å²) in [5.41, 5.74) is 10.6. The number of nitrogens with zero attached hydrogens (tertiary/aromatic N) is 1. The molecule has 4 fully saturated rings. The van der Waals surface area contributed by atoms with Crippen LogP contribution in [0.2, 0.25) is 0 Å². The molecule has 0 spiro atoms. The largest absolute Gasteiger partial charge is 0.393 e. The maximum atomic E-state index is 10.6. The van der Waals surface area contributed by atoms with E-state index in [1.165, 1.54) is 56.9 Å². The second-order valence-electron chi connectivity index (χ2n) is 18.4. The fourth-order valence-corrected chi connectivity index (χ4v) is 14.3. The number of aliphatic hydroxyl groups is 2. The van der Waals surface area contributed by atoms with Crippen molar-refractivity contribution in [2.45, 2.75) is 130 Å². The zero-order valence-electron chi connectivity index (χ0n) is 28.9. The third-order valence-electron chi connectivity index (χ3n) is 16.7. The van der Waals surface area contributed by atoms with Gasteiger partial charge >= 0.3 is 0 Å². The van der Waals surface area contributed by atoms with Gasteiger partial charge in [-0.1, -0.05) is 63.1 Å². The molecule has 246 valence electrons. The van der Waals surface area contributed by atoms with E-state index in [9.17, 15) is 10.2 Å². The molecule has 2 N–H and O–H groups in total. The van der Waals surface area contributed by atoms with E-state index in [1.807, 2.05) is 6.20 Å². The predicted octanol–water partition coefficient (Wildman–Crippen LogP) is 9.63. The number of hydrogen-bond donors (Lipinski definition) is 2. The first-order valence-electron chi connectivity index (χ1n) is 19.2. The molecule has 0 amide bonds. The Labute approximate surface area is 277 Å². The van der Waals surface area contributed by atoms with Crippen molar-refractivity contribution in [3.05, 3.63) is 70.6 Å². The van der Waals surface area contributed by atoms with Crippen molar-refractivity contribution in [2.75, 3.05) is 0 Å². The first-order chi connectivity index (χ1) is 22.1. The minimum atomic E-state index is -0.140. The Kier molecular flexibility index (Phi) is 6.72. The molecule has 8 aliphatic carbocycles. The molecule has 8 aliphatic rings. The van der Waals surface area contributed by atoms with Gasteiger partial charge in [-0.15, -0.1) is 0 Å². The lowest BCUT2D eigenvalue weighted by molar-refractivity contribution is -0.0297. The van der Waals surface area contributed by atoms with E-state index in [0.29, 0.717) is 5.92 Å². The lowest BCUT2D eigenvalue weighted by Gasteiger charge is -2.58. The van der Waals surface area contributed by atoms with Crippen LogP contribution in [0.15, 0.2) is 65.0 Å². The van der Waals surface area contributed by atoms with Gasteiger partial charge in [0.05, 0.1) is 12.2 Å². The molecular formula is C43H57NO2. The molecule has 1 aromatic heterocycles. The lowest BCUT2D eigenvalue weighted by atomic mass is 9.47. The van der Waals surface area contributed by atoms with Crippen LogP contribution in [-0.4, -0.2) is 27.4 Å². The maximum absolute atomic E-state index is 10.6. The van der Waals surface area contributed by atoms with Crippen LogP contribution in [0, 0.1) is 57.2 Å². The fourth-order valence-electron chi connectivity index (χ4n) is 14.3. The molecule has 9 rings (SSSR count). The van der Waals surface area contributed by atoms with Gasteiger partial charge in [0.2, 0.25) is 0 Å². The molecule has 0 unspecified atom stereocenters. The molecule has 1 aromatic rings. The molecule has 4 saturated carbocycles. The highest BCUT2D eigenvalue weighted by Gasteiger charge is 2.61. The Morgan fingerprint density at radius 3 is 1.83 bits per heavy atom. The van der Waals surface area contributed by atoms with E-state index >= 15 is 0 Å². The summed E-state index contributed by atoms with van der Waals surface area (Å²) in [6, 6.07) is 4.53. The topological polar surface area (TPSA) is 53.4 Å². The van der Waals surface area contributed by atoms with Crippen molar-refractivity contribution in [3.8, 4) is 0 Å². The zero-order chi connectivity index (χ0) is 31.6. The second-order valence-corrected chi connectivity index (χ2v) is 18.4. The summed E-state index contributed by atoms with van der Waals surface area (Å²) in [5.74, 6) is 4.37. The Balaban J connectivity index is 1.09. The Morgan fingerprint density at radius 1 is 0.630 bits per heavy atom. The molecule has 0 aliphatic heterocycles. The summed E-state index contributed by atoms with van der Waals surface area (Å²) in [6.07, 6.45) is 27.9. The quantitative estimate of drug-likeness (QED) is 0.324. The van der Waals surface area contributed by atoms with Crippen LogP contribution < -0.4 is 0 Å². The Hall–Kier alpha value is -1.97. The van der Waals surface area contributed by atoms with Gasteiger partial charge in [0.1, 0.15) is 0 Å². The summed E-state index contributed by atoms with van der Waals surface area (Å²) in [5, 5.41) is 21.1. The predicted molar refractivity (Wildman–Crippen MR) is 185 cm³/mol. The summed E-state index contributed by atoms with van der Waals surface area (Å²) in [6.45, 7) is 10.4. The molecule has 0 saturated heterocycles. The number of pyridine rings is 1. The first-order valence-corrected chi connectivity index (χ1v) is 19.2. The number of aliphatic hydroxyl groups excluding tert-OH is 2. The first kappa shape index (κ1) is 30.1. The molecule has 1 heterocycles. The molecule has 46 heavy (non-hydrogen) atoms. The van der Waals surface area contributed by atoms with Crippen LogP contribution in [0.3, 0.4) is 0 Å². The van der Waals surface area contributed by atoms with Gasteiger partial charge in [-0.3, -0.25) is 4.98 Å². The number of rotatable bonds is 2. The van der Waals surface area contributed by atoms with Crippen LogP contribution in [0.4, 0.5) is 0 Å². The number of hydrogen-bond acceptors (Lipinski definition) is 3. The average molecular weight is 620 g/mol. The SMILES string of the molecule is C[C@@]12CC[C@@H]3[C@H](CC=C4C[C@H](O)CC[C@]43C)[C@H]1CC=C2C1=C(c2cccnc2)[C@@]2(C)CC[C@H]3[C@@H](CC=C4C[C@@H](O)CC[C@@]43C)[C@@H]2C1. The summed E-state index contributed by atoms with van der Waals surface area (Å²) in [4.78, 5) is 4.71. The smallest absolute Gasteiger partial charge is 0.0577 e. The third-order valence-corrected chi connectivity index (χ3v) is 16.7. The number of fused-ring (bicyclic) bond motifs is 10. The second kappa shape index (κ2) is 10.3. The average Bonchev–Trinajstić information content (AvgIpc) is 3.55. The molecule has 3 nitrogen and oxygen atoms in total. The van der Waals surface area contributed by atoms with Gasteiger partial charge in [0.15, 0.2) is 0 Å². The van der Waals surface area contributed by atoms with E-state index in [4.69, 9.17) is 4.98 Å². The van der Waals surface area contributed by atoms with E-state index in [-0.39, 0.29) is 33.9 Å². The molecule has 0 bridgehead atoms. The molecular weight excluding hydrogens is 562 g/mol. The molecule has 0 radical (unpaired) electrons. The van der Waals surface area contributed by atoms with Gasteiger partial charge in [-0.25, -0.2) is 0 Å². The monoisotopic (exact) mass is 619 g/mol. The molecule has 12 atom stereocenters. The van der Waals surface area contributed by atoms with Gasteiger partial charge < -0.3 is 10.2 Å². The number of allylic oxidation sites excluding steroid dienone is 6. The molecule has 0 aromatic carbocycles. The standard InChI is InChI=1S/C43H57NO2/c1-40-17-13-29(45)22-27(40)7-9-31-34-11-12-35(42(34,3)19-15-36(31)40)33-24-38-32-10-8-28-23-30(46)14-18-41(28,2)37(32)16-20-43(38,4)39(33)26-6-5-21-44-25-26/h5-8,12,21,25,29-32,34,36-38,45-46H,9-11,13-20,22-24H2,1-4H3/t29-,30+,31-,32-,34-,36-,37+,38+,40-,41+,42-,43+/m1/s1. The van der Waals surface area contributed by atoms with Crippen molar-refractivity contribution < 1.29 is 10.2 Å². The highest BCUT2D eigenvalue weighted by molar-refractivity contribution is 5.80. The van der Waals surface area contributed by atoms with Crippen molar-refractivity contribution in [2.24, 2.45) is 57.2 Å². The summed E-state index contributed by atoms with van der Waals surface area (Å²) >= 11 is 0. The van der Waals surface area contributed by atoms with Crippen LogP contribution in [0.1, 0.15) is 123 Å². The van der Waals surface area contributed by atoms with E-state index in [0.717, 1.165) is 68.1 Å². The van der Waals surface area contributed by atoms with Crippen molar-refractivity contribution in [3.63, 3.8) is 0 Å². The summed E-state index contributed by atoms with van der Waals surface area (Å²) < 4.78 is 0. The van der Waals surface area contributed by atoms with Gasteiger partial charge in [-0.2, -0.15) is 0 Å². The Bertz CT molecular complexity index is 1550. The fraction of sp³-hybridized carbons (Fsp3) is 0.698. The highest BCUT2D eigenvalue weighted by Crippen LogP contribution is 2.72. The number of aromatic nitrogens is 1. The van der Waals surface area contributed by atoms with Gasteiger partial charge in [0, 0.05) is 12.4 Å². The molecule has 3 heteroatoms. The lowest BCUT2D eigenvalue weighted by Crippen LogP contribution is -2.50. The van der Waals surface area contributed by atoms with Crippen LogP contribution >= 0.6 is 0 Å². The van der Waals surface area contributed by atoms with Gasteiger partial charge in [-0.05, 0) is 175 Å². The van der Waals surface area contributed by atoms with Crippen molar-refractivity contribution in [1.82, 2.24) is 4.98 Å². The Morgan fingerprint density at radius 2 is 1.22 bits per heavy atom. The van der Waals surface area contributed by atoms with E-state index in [1.54, 1.807) is 27.9 Å². The van der Waals surface area contributed by atoms with Crippen LogP contribution in [0.25, 0.3) is 5.57 Å². The minimum Gasteiger partial charge on any atom is -0.393 e. The van der Waals surface area contributed by atoms with Crippen molar-refractivity contribution in [1.29, 1.82) is 0 Å². The maximum Gasteiger partial charge on any atom is 0.0577 e. The normalized spacial score (nSPS) is 49.4. The van der Waals surface area contributed by atoms with Crippen LogP contribution in [-0.2, 0) is 0 Å². The van der Waals surface area contributed by atoms with Crippen LogP contribution in [0.5, 0.6) is 0 Å². The van der Waals surface area contributed by atoms with E-state index < -0.39 is 0 Å². The van der Waals surface area contributed by atoms with E-state index in [2.05, 4.69) is 64.3 Å². The van der Waals surface area contributed by atoms with Gasteiger partial charge in [0.25, 0.3) is 0 Å². The van der Waals surface area contributed by atoms with Crippen molar-refractivity contribution >= 4 is 5.57 Å². The third kappa shape index (κ3) is 4.00. The minimum absolute atomic E-state index is 0.132. The zero-order valence-corrected chi connectivity index (χ0v) is 28.9. The summed E-state index contributed by atoms with van der Waals surface area (Å²) in [7, 11) is 0. The highest BCUT2D eigenvalue weighted by atomic mass is 16.3.